The Balaban J connectivity index is 2.61. The van der Waals surface area contributed by atoms with Crippen molar-refractivity contribution in [3.63, 3.8) is 0 Å². The Morgan fingerprint density at radius 3 is 2.05 bits per heavy atom. The first-order chi connectivity index (χ1) is 9.00. The molecule has 1 nitrogen and oxygen atoms in total. The molecule has 2 aromatic rings. The number of hydrogen-bond donors (Lipinski definition) is 1. The molecule has 0 saturated carbocycles. The highest BCUT2D eigenvalue weighted by molar-refractivity contribution is 5.73. The zero-order valence-electron chi connectivity index (χ0n) is 12.1. The molecular weight excluding hydrogens is 232 g/mol. The lowest BCUT2D eigenvalue weighted by Crippen LogP contribution is -1.96. The molecular formula is C18H22O. The van der Waals surface area contributed by atoms with E-state index >= 15 is 0 Å². The van der Waals surface area contributed by atoms with Gasteiger partial charge in [-0.3, -0.25) is 0 Å². The number of phenolic OH excluding ortho intramolecular Hbond substituents is 1. The van der Waals surface area contributed by atoms with E-state index in [4.69, 9.17) is 0 Å². The van der Waals surface area contributed by atoms with E-state index in [1.807, 2.05) is 18.2 Å². The molecule has 1 heteroatoms. The maximum atomic E-state index is 10.0. The molecule has 0 saturated heterocycles. The van der Waals surface area contributed by atoms with Crippen LogP contribution in [0.15, 0.2) is 42.5 Å². The Labute approximate surface area is 115 Å². The minimum atomic E-state index is 0.349. The Bertz CT molecular complexity index is 568. The van der Waals surface area contributed by atoms with Crippen LogP contribution in [0, 0.1) is 0 Å². The fourth-order valence-corrected chi connectivity index (χ4v) is 2.36. The van der Waals surface area contributed by atoms with E-state index in [9.17, 15) is 5.11 Å². The first kappa shape index (κ1) is 13.7. The molecule has 1 N–H and O–H groups in total. The molecule has 0 spiro atoms. The van der Waals surface area contributed by atoms with Crippen LogP contribution in [0.1, 0.15) is 50.7 Å². The molecule has 0 unspecified atom stereocenters. The average molecular weight is 254 g/mol. The van der Waals surface area contributed by atoms with Gasteiger partial charge in [0.25, 0.3) is 0 Å². The van der Waals surface area contributed by atoms with Crippen molar-refractivity contribution in [1.82, 2.24) is 0 Å². The minimum Gasteiger partial charge on any atom is -0.507 e. The molecule has 0 heterocycles. The molecule has 100 valence electrons. The molecule has 0 aliphatic heterocycles. The van der Waals surface area contributed by atoms with E-state index < -0.39 is 0 Å². The van der Waals surface area contributed by atoms with Crippen LogP contribution >= 0.6 is 0 Å². The monoisotopic (exact) mass is 254 g/mol. The maximum absolute atomic E-state index is 10.0. The second kappa shape index (κ2) is 5.48. The van der Waals surface area contributed by atoms with Gasteiger partial charge < -0.3 is 5.11 Å². The molecule has 0 amide bonds. The summed E-state index contributed by atoms with van der Waals surface area (Å²) in [6.07, 6.45) is 0. The van der Waals surface area contributed by atoms with Gasteiger partial charge in [-0.15, -0.1) is 0 Å². The largest absolute Gasteiger partial charge is 0.507 e. The van der Waals surface area contributed by atoms with E-state index in [-0.39, 0.29) is 0 Å². The van der Waals surface area contributed by atoms with Gasteiger partial charge in [0, 0.05) is 5.56 Å². The van der Waals surface area contributed by atoms with Crippen molar-refractivity contribution in [2.24, 2.45) is 0 Å². The van der Waals surface area contributed by atoms with Gasteiger partial charge in [0.2, 0.25) is 0 Å². The fraction of sp³-hybridized carbons (Fsp3) is 0.333. The summed E-state index contributed by atoms with van der Waals surface area (Å²) < 4.78 is 0. The second-order valence-corrected chi connectivity index (χ2v) is 5.67. The van der Waals surface area contributed by atoms with Crippen molar-refractivity contribution in [2.45, 2.75) is 39.5 Å². The van der Waals surface area contributed by atoms with Crippen LogP contribution in [0.5, 0.6) is 5.75 Å². The molecule has 0 aliphatic carbocycles. The topological polar surface area (TPSA) is 20.2 Å². The third-order valence-corrected chi connectivity index (χ3v) is 3.56. The molecule has 19 heavy (non-hydrogen) atoms. The predicted molar refractivity (Wildman–Crippen MR) is 81.7 cm³/mol. The summed E-state index contributed by atoms with van der Waals surface area (Å²) in [4.78, 5) is 0. The van der Waals surface area contributed by atoms with Crippen molar-refractivity contribution in [3.8, 4) is 16.9 Å². The Morgan fingerprint density at radius 1 is 0.789 bits per heavy atom. The summed E-state index contributed by atoms with van der Waals surface area (Å²) in [5, 5.41) is 10.0. The number of phenols is 1. The van der Waals surface area contributed by atoms with Crippen LogP contribution in [0.25, 0.3) is 11.1 Å². The van der Waals surface area contributed by atoms with Crippen LogP contribution < -0.4 is 0 Å². The SMILES string of the molecule is CC(C)c1ccc(-c2ccccc2O)c(C(C)C)c1. The number of hydrogen-bond acceptors (Lipinski definition) is 1. The Hall–Kier alpha value is -1.76. The highest BCUT2D eigenvalue weighted by Gasteiger charge is 2.13. The molecule has 0 radical (unpaired) electrons. The van der Waals surface area contributed by atoms with Gasteiger partial charge in [-0.25, -0.2) is 0 Å². The molecule has 0 aromatic heterocycles. The van der Waals surface area contributed by atoms with Gasteiger partial charge in [-0.1, -0.05) is 64.1 Å². The average Bonchev–Trinajstić information content (AvgIpc) is 2.38. The number of para-hydroxylation sites is 1. The van der Waals surface area contributed by atoms with Gasteiger partial charge >= 0.3 is 0 Å². The van der Waals surface area contributed by atoms with Gasteiger partial charge in [0.05, 0.1) is 0 Å². The molecule has 0 fully saturated rings. The quantitative estimate of drug-likeness (QED) is 0.787. The first-order valence-electron chi connectivity index (χ1n) is 6.93. The summed E-state index contributed by atoms with van der Waals surface area (Å²) in [5.74, 6) is 1.31. The lowest BCUT2D eigenvalue weighted by Gasteiger charge is -2.17. The summed E-state index contributed by atoms with van der Waals surface area (Å²) >= 11 is 0. The van der Waals surface area contributed by atoms with Gasteiger partial charge in [0.1, 0.15) is 5.75 Å². The van der Waals surface area contributed by atoms with Crippen molar-refractivity contribution < 1.29 is 5.11 Å². The lowest BCUT2D eigenvalue weighted by atomic mass is 9.88. The van der Waals surface area contributed by atoms with E-state index in [0.29, 0.717) is 17.6 Å². The van der Waals surface area contributed by atoms with Crippen molar-refractivity contribution >= 4 is 0 Å². The minimum absolute atomic E-state index is 0.349. The summed E-state index contributed by atoms with van der Waals surface area (Å²) in [7, 11) is 0. The van der Waals surface area contributed by atoms with Crippen LogP contribution in [0.2, 0.25) is 0 Å². The number of rotatable bonds is 3. The number of benzene rings is 2. The zero-order chi connectivity index (χ0) is 14.0. The van der Waals surface area contributed by atoms with E-state index in [1.165, 1.54) is 11.1 Å². The van der Waals surface area contributed by atoms with E-state index in [1.54, 1.807) is 6.07 Å². The van der Waals surface area contributed by atoms with Crippen molar-refractivity contribution in [3.05, 3.63) is 53.6 Å². The molecule has 0 bridgehead atoms. The maximum Gasteiger partial charge on any atom is 0.123 e. The molecule has 2 aromatic carbocycles. The van der Waals surface area contributed by atoms with E-state index in [2.05, 4.69) is 45.9 Å². The van der Waals surface area contributed by atoms with Crippen LogP contribution in [-0.4, -0.2) is 5.11 Å². The zero-order valence-corrected chi connectivity index (χ0v) is 12.1. The summed E-state index contributed by atoms with van der Waals surface area (Å²) in [6.45, 7) is 8.81. The normalized spacial score (nSPS) is 11.3. The Morgan fingerprint density at radius 2 is 1.47 bits per heavy atom. The smallest absolute Gasteiger partial charge is 0.123 e. The predicted octanol–water partition coefficient (Wildman–Crippen LogP) is 5.31. The highest BCUT2D eigenvalue weighted by atomic mass is 16.3. The van der Waals surface area contributed by atoms with E-state index in [0.717, 1.165) is 11.1 Å². The van der Waals surface area contributed by atoms with Gasteiger partial charge in [-0.05, 0) is 34.6 Å². The molecule has 0 aliphatic rings. The Kier molecular flexibility index (Phi) is 3.94. The lowest BCUT2D eigenvalue weighted by molar-refractivity contribution is 0.477. The van der Waals surface area contributed by atoms with Gasteiger partial charge in [-0.2, -0.15) is 0 Å². The summed E-state index contributed by atoms with van der Waals surface area (Å²) in [5.41, 5.74) is 4.70. The molecule has 0 atom stereocenters. The van der Waals surface area contributed by atoms with Crippen LogP contribution in [0.4, 0.5) is 0 Å². The van der Waals surface area contributed by atoms with Crippen molar-refractivity contribution in [2.75, 3.05) is 0 Å². The van der Waals surface area contributed by atoms with Crippen LogP contribution in [-0.2, 0) is 0 Å². The van der Waals surface area contributed by atoms with Crippen LogP contribution in [0.3, 0.4) is 0 Å². The first-order valence-corrected chi connectivity index (χ1v) is 6.93. The second-order valence-electron chi connectivity index (χ2n) is 5.67. The third kappa shape index (κ3) is 2.81. The third-order valence-electron chi connectivity index (χ3n) is 3.56. The number of aromatic hydroxyl groups is 1. The van der Waals surface area contributed by atoms with Crippen molar-refractivity contribution in [1.29, 1.82) is 0 Å². The summed E-state index contributed by atoms with van der Waals surface area (Å²) in [6, 6.07) is 14.1. The molecule has 2 rings (SSSR count). The fourth-order valence-electron chi connectivity index (χ4n) is 2.36. The highest BCUT2D eigenvalue weighted by Crippen LogP contribution is 2.36. The standard InChI is InChI=1S/C18H22O/c1-12(2)14-9-10-15(17(11-14)13(3)4)16-7-5-6-8-18(16)19/h5-13,19H,1-4H3. The van der Waals surface area contributed by atoms with Gasteiger partial charge in [0.15, 0.2) is 0 Å².